The fraction of sp³-hybridized carbons (Fsp3) is 0.333. The molecule has 0 unspecified atom stereocenters. The van der Waals surface area contributed by atoms with Crippen molar-refractivity contribution < 1.29 is 14.7 Å². The molecule has 6 heteroatoms. The predicted octanol–water partition coefficient (Wildman–Crippen LogP) is 0.0385. The molecular formula is C9H12N2O3S. The van der Waals surface area contributed by atoms with E-state index in [4.69, 9.17) is 5.11 Å². The summed E-state index contributed by atoms with van der Waals surface area (Å²) in [7, 11) is 0. The molecule has 0 aromatic carbocycles. The standard InChI is InChI=1S/C9H12N2O3S/c12-8(5-10-6-9(13)14)11-4-7-2-1-3-15-7/h1-3,10H,4-6H2,(H,11,12)(H,13,14). The lowest BCUT2D eigenvalue weighted by Crippen LogP contribution is -2.35. The maximum absolute atomic E-state index is 11.2. The van der Waals surface area contributed by atoms with Gasteiger partial charge < -0.3 is 10.4 Å². The topological polar surface area (TPSA) is 78.4 Å². The molecule has 3 N–H and O–H groups in total. The van der Waals surface area contributed by atoms with E-state index in [0.29, 0.717) is 6.54 Å². The van der Waals surface area contributed by atoms with Crippen LogP contribution in [0.2, 0.25) is 0 Å². The van der Waals surface area contributed by atoms with Crippen molar-refractivity contribution in [3.8, 4) is 0 Å². The minimum atomic E-state index is -0.971. The first-order valence-electron chi connectivity index (χ1n) is 4.40. The van der Waals surface area contributed by atoms with Gasteiger partial charge in [0.05, 0.1) is 19.6 Å². The second kappa shape index (κ2) is 6.15. The van der Waals surface area contributed by atoms with Gasteiger partial charge in [-0.2, -0.15) is 0 Å². The number of hydrogen-bond acceptors (Lipinski definition) is 4. The van der Waals surface area contributed by atoms with Crippen molar-refractivity contribution in [2.75, 3.05) is 13.1 Å². The minimum Gasteiger partial charge on any atom is -0.480 e. The van der Waals surface area contributed by atoms with Crippen LogP contribution in [-0.4, -0.2) is 30.1 Å². The first-order valence-corrected chi connectivity index (χ1v) is 5.28. The molecule has 5 nitrogen and oxygen atoms in total. The molecule has 15 heavy (non-hydrogen) atoms. The van der Waals surface area contributed by atoms with Crippen LogP contribution >= 0.6 is 11.3 Å². The summed E-state index contributed by atoms with van der Waals surface area (Å²) in [5.41, 5.74) is 0. The molecule has 0 fully saturated rings. The van der Waals surface area contributed by atoms with Crippen LogP contribution in [0.5, 0.6) is 0 Å². The van der Waals surface area contributed by atoms with Crippen molar-refractivity contribution in [1.82, 2.24) is 10.6 Å². The van der Waals surface area contributed by atoms with E-state index in [1.54, 1.807) is 11.3 Å². The Morgan fingerprint density at radius 2 is 2.20 bits per heavy atom. The van der Waals surface area contributed by atoms with E-state index in [1.165, 1.54) is 0 Å². The number of amides is 1. The Morgan fingerprint density at radius 1 is 1.40 bits per heavy atom. The van der Waals surface area contributed by atoms with Gasteiger partial charge in [-0.05, 0) is 11.4 Å². The molecule has 1 amide bonds. The quantitative estimate of drug-likeness (QED) is 0.642. The van der Waals surface area contributed by atoms with Gasteiger partial charge in [-0.25, -0.2) is 0 Å². The van der Waals surface area contributed by atoms with Gasteiger partial charge in [-0.3, -0.25) is 14.9 Å². The Kier molecular flexibility index (Phi) is 4.79. The summed E-state index contributed by atoms with van der Waals surface area (Å²) in [6.07, 6.45) is 0. The summed E-state index contributed by atoms with van der Waals surface area (Å²) < 4.78 is 0. The van der Waals surface area contributed by atoms with Crippen LogP contribution in [0.25, 0.3) is 0 Å². The van der Waals surface area contributed by atoms with Gasteiger partial charge >= 0.3 is 5.97 Å². The zero-order chi connectivity index (χ0) is 11.1. The van der Waals surface area contributed by atoms with Crippen LogP contribution < -0.4 is 10.6 Å². The first kappa shape index (κ1) is 11.7. The Bertz CT molecular complexity index is 324. The van der Waals surface area contributed by atoms with Crippen molar-refractivity contribution in [2.45, 2.75) is 6.54 Å². The normalized spacial score (nSPS) is 9.87. The van der Waals surface area contributed by atoms with E-state index >= 15 is 0 Å². The summed E-state index contributed by atoms with van der Waals surface area (Å²) in [4.78, 5) is 22.4. The number of carboxylic acid groups (broad SMARTS) is 1. The number of nitrogens with one attached hydrogen (secondary N) is 2. The third-order valence-electron chi connectivity index (χ3n) is 1.60. The van der Waals surface area contributed by atoms with E-state index in [-0.39, 0.29) is 19.0 Å². The van der Waals surface area contributed by atoms with Gasteiger partial charge in [0.25, 0.3) is 0 Å². The highest BCUT2D eigenvalue weighted by atomic mass is 32.1. The molecule has 0 atom stereocenters. The Labute approximate surface area is 91.1 Å². The van der Waals surface area contributed by atoms with Crippen molar-refractivity contribution in [3.05, 3.63) is 22.4 Å². The second-order valence-corrected chi connectivity index (χ2v) is 3.89. The van der Waals surface area contributed by atoms with Gasteiger partial charge in [0.15, 0.2) is 0 Å². The van der Waals surface area contributed by atoms with E-state index in [1.807, 2.05) is 17.5 Å². The summed E-state index contributed by atoms with van der Waals surface area (Å²) in [6.45, 7) is 0.315. The summed E-state index contributed by atoms with van der Waals surface area (Å²) in [5.74, 6) is -1.18. The number of rotatable bonds is 6. The average molecular weight is 228 g/mol. The molecule has 0 bridgehead atoms. The van der Waals surface area contributed by atoms with Crippen LogP contribution in [0.15, 0.2) is 17.5 Å². The number of carbonyl (C=O) groups excluding carboxylic acids is 1. The van der Waals surface area contributed by atoms with Crippen LogP contribution in [-0.2, 0) is 16.1 Å². The zero-order valence-corrected chi connectivity index (χ0v) is 8.84. The molecule has 0 saturated carbocycles. The highest BCUT2D eigenvalue weighted by molar-refractivity contribution is 7.09. The predicted molar refractivity (Wildman–Crippen MR) is 56.7 cm³/mol. The Hall–Kier alpha value is -1.40. The van der Waals surface area contributed by atoms with Gasteiger partial charge in [-0.15, -0.1) is 11.3 Å². The van der Waals surface area contributed by atoms with E-state index < -0.39 is 5.97 Å². The second-order valence-electron chi connectivity index (χ2n) is 2.85. The number of carboxylic acids is 1. The molecular weight excluding hydrogens is 216 g/mol. The van der Waals surface area contributed by atoms with Crippen molar-refractivity contribution in [3.63, 3.8) is 0 Å². The molecule has 0 spiro atoms. The van der Waals surface area contributed by atoms with E-state index in [2.05, 4.69) is 10.6 Å². The molecule has 82 valence electrons. The highest BCUT2D eigenvalue weighted by Crippen LogP contribution is 2.06. The summed E-state index contributed by atoms with van der Waals surface area (Å²) >= 11 is 1.56. The van der Waals surface area contributed by atoms with Gasteiger partial charge in [0, 0.05) is 4.88 Å². The molecule has 1 rings (SSSR count). The van der Waals surface area contributed by atoms with Gasteiger partial charge in [0.1, 0.15) is 0 Å². The minimum absolute atomic E-state index is 0.0255. The van der Waals surface area contributed by atoms with Crippen molar-refractivity contribution in [1.29, 1.82) is 0 Å². The molecule has 1 aromatic rings. The van der Waals surface area contributed by atoms with Crippen LogP contribution in [0, 0.1) is 0 Å². The fourth-order valence-electron chi connectivity index (χ4n) is 0.944. The lowest BCUT2D eigenvalue weighted by atomic mass is 10.4. The number of thiophene rings is 1. The van der Waals surface area contributed by atoms with Gasteiger partial charge in [-0.1, -0.05) is 6.07 Å². The smallest absolute Gasteiger partial charge is 0.317 e. The third kappa shape index (κ3) is 5.14. The molecule has 0 radical (unpaired) electrons. The molecule has 0 saturated heterocycles. The lowest BCUT2D eigenvalue weighted by molar-refractivity contribution is -0.136. The van der Waals surface area contributed by atoms with Crippen molar-refractivity contribution >= 4 is 23.2 Å². The van der Waals surface area contributed by atoms with Gasteiger partial charge in [0.2, 0.25) is 5.91 Å². The largest absolute Gasteiger partial charge is 0.480 e. The Balaban J connectivity index is 2.11. The highest BCUT2D eigenvalue weighted by Gasteiger charge is 2.02. The maximum atomic E-state index is 11.2. The third-order valence-corrected chi connectivity index (χ3v) is 2.48. The molecule has 0 aliphatic carbocycles. The molecule has 1 heterocycles. The summed E-state index contributed by atoms with van der Waals surface area (Å²) in [6, 6.07) is 3.84. The lowest BCUT2D eigenvalue weighted by Gasteiger charge is -2.03. The van der Waals surface area contributed by atoms with Crippen LogP contribution in [0.3, 0.4) is 0 Å². The molecule has 0 aliphatic heterocycles. The Morgan fingerprint density at radius 3 is 2.80 bits per heavy atom. The number of carbonyl (C=O) groups is 2. The van der Waals surface area contributed by atoms with E-state index in [0.717, 1.165) is 4.88 Å². The number of aliphatic carboxylic acids is 1. The molecule has 0 aliphatic rings. The average Bonchev–Trinajstić information content (AvgIpc) is 2.66. The van der Waals surface area contributed by atoms with Crippen LogP contribution in [0.4, 0.5) is 0 Å². The van der Waals surface area contributed by atoms with E-state index in [9.17, 15) is 9.59 Å². The summed E-state index contributed by atoms with van der Waals surface area (Å²) in [5, 5.41) is 15.4. The SMILES string of the molecule is O=C(O)CNCC(=O)NCc1cccs1. The van der Waals surface area contributed by atoms with Crippen molar-refractivity contribution in [2.24, 2.45) is 0 Å². The number of hydrogen-bond donors (Lipinski definition) is 3. The monoisotopic (exact) mass is 228 g/mol. The fourth-order valence-corrected chi connectivity index (χ4v) is 1.59. The van der Waals surface area contributed by atoms with Crippen LogP contribution in [0.1, 0.15) is 4.88 Å². The molecule has 1 aromatic heterocycles. The zero-order valence-electron chi connectivity index (χ0n) is 8.03. The maximum Gasteiger partial charge on any atom is 0.317 e. The first-order chi connectivity index (χ1) is 7.18.